The monoisotopic (exact) mass is 419 g/mol. The van der Waals surface area contributed by atoms with Crippen molar-refractivity contribution >= 4 is 28.4 Å². The number of amides is 1. The zero-order valence-electron chi connectivity index (χ0n) is 18.8. The molecule has 3 aromatic rings. The van der Waals surface area contributed by atoms with Crippen LogP contribution < -0.4 is 4.90 Å². The van der Waals surface area contributed by atoms with E-state index in [1.807, 2.05) is 55.7 Å². The van der Waals surface area contributed by atoms with Crippen LogP contribution in [-0.4, -0.2) is 50.5 Å². The summed E-state index contributed by atoms with van der Waals surface area (Å²) in [5, 5.41) is 8.67. The number of imidazole rings is 1. The standard InChI is InChI=1S/C21H23N7O.C2H6/c1-4-14-7-16(15-11-28(12-15)21(29)5-6-22)23-10-19(14)27(3)20-8-18-17(9-24-20)25-13-26(18)2;1-2/h7-10,13,15H,4-5,11-12H2,1-3H3;1-2H3. The molecule has 4 rings (SSSR count). The Hall–Kier alpha value is -3.47. The number of carbonyl (C=O) groups is 1. The minimum atomic E-state index is -0.104. The Bertz CT molecular complexity index is 1110. The lowest BCUT2D eigenvalue weighted by Crippen LogP contribution is -2.48. The molecule has 0 unspecified atom stereocenters. The summed E-state index contributed by atoms with van der Waals surface area (Å²) in [6.07, 6.45) is 6.27. The normalized spacial score (nSPS) is 13.2. The fourth-order valence-corrected chi connectivity index (χ4v) is 3.69. The number of nitriles is 1. The molecule has 8 heteroatoms. The van der Waals surface area contributed by atoms with E-state index in [1.54, 1.807) is 17.4 Å². The molecule has 3 aromatic heterocycles. The Kier molecular flexibility index (Phi) is 6.85. The third kappa shape index (κ3) is 4.36. The minimum Gasteiger partial charge on any atom is -0.340 e. The Morgan fingerprint density at radius 1 is 1.23 bits per heavy atom. The van der Waals surface area contributed by atoms with Gasteiger partial charge >= 0.3 is 0 Å². The predicted molar refractivity (Wildman–Crippen MR) is 121 cm³/mol. The van der Waals surface area contributed by atoms with Crippen molar-refractivity contribution in [1.29, 1.82) is 5.26 Å². The molecule has 1 fully saturated rings. The summed E-state index contributed by atoms with van der Waals surface area (Å²) < 4.78 is 1.98. The zero-order chi connectivity index (χ0) is 22.5. The van der Waals surface area contributed by atoms with Gasteiger partial charge in [0.05, 0.1) is 36.0 Å². The van der Waals surface area contributed by atoms with Crippen LogP contribution in [0.2, 0.25) is 0 Å². The molecule has 0 atom stereocenters. The SMILES string of the molecule is CC.CCc1cc(C2CN(C(=O)CC#N)C2)ncc1N(C)c1cc2c(cn1)ncn2C. The van der Waals surface area contributed by atoms with Gasteiger partial charge in [0.15, 0.2) is 0 Å². The first-order chi connectivity index (χ1) is 15.0. The van der Waals surface area contributed by atoms with Gasteiger partial charge in [-0.05, 0) is 18.1 Å². The molecule has 8 nitrogen and oxygen atoms in total. The highest BCUT2D eigenvalue weighted by Gasteiger charge is 2.32. The van der Waals surface area contributed by atoms with Gasteiger partial charge in [-0.15, -0.1) is 0 Å². The lowest BCUT2D eigenvalue weighted by Gasteiger charge is -2.38. The summed E-state index contributed by atoms with van der Waals surface area (Å²) in [6, 6.07) is 6.07. The quantitative estimate of drug-likeness (QED) is 0.628. The van der Waals surface area contributed by atoms with E-state index in [1.165, 1.54) is 5.56 Å². The lowest BCUT2D eigenvalue weighted by molar-refractivity contribution is -0.134. The fraction of sp³-hybridized carbons (Fsp3) is 0.435. The first kappa shape index (κ1) is 22.2. The van der Waals surface area contributed by atoms with E-state index < -0.39 is 0 Å². The molecule has 1 amide bonds. The number of aromatic nitrogens is 4. The van der Waals surface area contributed by atoms with Crippen molar-refractivity contribution in [3.05, 3.63) is 42.1 Å². The molecule has 0 N–H and O–H groups in total. The second kappa shape index (κ2) is 9.56. The van der Waals surface area contributed by atoms with Crippen molar-refractivity contribution in [1.82, 2.24) is 24.4 Å². The maximum Gasteiger partial charge on any atom is 0.236 e. The Balaban J connectivity index is 0.00000132. The maximum absolute atomic E-state index is 11.8. The Morgan fingerprint density at radius 2 is 1.97 bits per heavy atom. The van der Waals surface area contributed by atoms with Gasteiger partial charge in [-0.1, -0.05) is 20.8 Å². The Labute approximate surface area is 183 Å². The van der Waals surface area contributed by atoms with E-state index >= 15 is 0 Å². The van der Waals surface area contributed by atoms with Crippen LogP contribution in [0.1, 0.15) is 44.4 Å². The maximum atomic E-state index is 11.8. The molecule has 0 radical (unpaired) electrons. The van der Waals surface area contributed by atoms with Gasteiger partial charge in [0.1, 0.15) is 17.8 Å². The molecule has 0 aromatic carbocycles. The molecule has 1 aliphatic heterocycles. The first-order valence-electron chi connectivity index (χ1n) is 10.7. The highest BCUT2D eigenvalue weighted by atomic mass is 16.2. The molecule has 0 bridgehead atoms. The molecular weight excluding hydrogens is 390 g/mol. The van der Waals surface area contributed by atoms with E-state index in [0.29, 0.717) is 13.1 Å². The molecular formula is C23H29N7O. The van der Waals surface area contributed by atoms with Gasteiger partial charge in [-0.3, -0.25) is 9.78 Å². The van der Waals surface area contributed by atoms with Crippen molar-refractivity contribution in [2.24, 2.45) is 7.05 Å². The van der Waals surface area contributed by atoms with Crippen LogP contribution in [0.3, 0.4) is 0 Å². The highest BCUT2D eigenvalue weighted by molar-refractivity contribution is 5.80. The molecule has 4 heterocycles. The van der Waals surface area contributed by atoms with Gasteiger partial charge in [0.25, 0.3) is 0 Å². The van der Waals surface area contributed by atoms with Gasteiger partial charge in [0.2, 0.25) is 5.91 Å². The number of nitrogens with zero attached hydrogens (tertiary/aromatic N) is 7. The smallest absolute Gasteiger partial charge is 0.236 e. The fourth-order valence-electron chi connectivity index (χ4n) is 3.69. The van der Waals surface area contributed by atoms with E-state index in [0.717, 1.165) is 34.7 Å². The first-order valence-corrected chi connectivity index (χ1v) is 10.7. The van der Waals surface area contributed by atoms with Crippen LogP contribution in [0.25, 0.3) is 11.0 Å². The number of rotatable bonds is 5. The van der Waals surface area contributed by atoms with Crippen molar-refractivity contribution < 1.29 is 4.79 Å². The van der Waals surface area contributed by atoms with Gasteiger partial charge in [0, 0.05) is 44.9 Å². The van der Waals surface area contributed by atoms with E-state index in [9.17, 15) is 4.79 Å². The number of carbonyl (C=O) groups excluding carboxylic acids is 1. The second-order valence-corrected chi connectivity index (χ2v) is 7.37. The number of pyridine rings is 2. The number of fused-ring (bicyclic) bond motifs is 1. The number of likely N-dealkylation sites (tertiary alicyclic amines) is 1. The lowest BCUT2D eigenvalue weighted by atomic mass is 9.93. The number of aryl methyl sites for hydroxylation is 2. The molecule has 0 aliphatic carbocycles. The number of hydrogen-bond donors (Lipinski definition) is 0. The van der Waals surface area contributed by atoms with E-state index in [4.69, 9.17) is 5.26 Å². The van der Waals surface area contributed by atoms with Crippen molar-refractivity contribution in [3.8, 4) is 6.07 Å². The third-order valence-corrected chi connectivity index (χ3v) is 5.55. The zero-order valence-corrected chi connectivity index (χ0v) is 18.8. The van der Waals surface area contributed by atoms with Crippen LogP contribution >= 0.6 is 0 Å². The average molecular weight is 420 g/mol. The molecule has 1 aliphatic rings. The second-order valence-electron chi connectivity index (χ2n) is 7.37. The van der Waals surface area contributed by atoms with Crippen molar-refractivity contribution in [2.45, 2.75) is 39.5 Å². The van der Waals surface area contributed by atoms with Crippen LogP contribution in [0.4, 0.5) is 11.5 Å². The van der Waals surface area contributed by atoms with E-state index in [2.05, 4.69) is 27.9 Å². The topological polar surface area (TPSA) is 90.9 Å². The summed E-state index contributed by atoms with van der Waals surface area (Å²) in [6.45, 7) is 7.38. The van der Waals surface area contributed by atoms with Gasteiger partial charge in [-0.25, -0.2) is 9.97 Å². The summed E-state index contributed by atoms with van der Waals surface area (Å²) >= 11 is 0. The number of hydrogen-bond acceptors (Lipinski definition) is 6. The molecule has 31 heavy (non-hydrogen) atoms. The summed E-state index contributed by atoms with van der Waals surface area (Å²) in [7, 11) is 3.96. The molecule has 162 valence electrons. The molecule has 0 saturated carbocycles. The Morgan fingerprint density at radius 3 is 2.65 bits per heavy atom. The van der Waals surface area contributed by atoms with Crippen LogP contribution in [0, 0.1) is 11.3 Å². The van der Waals surface area contributed by atoms with Crippen molar-refractivity contribution in [2.75, 3.05) is 25.0 Å². The van der Waals surface area contributed by atoms with Gasteiger partial charge in [-0.2, -0.15) is 5.26 Å². The van der Waals surface area contributed by atoms with Crippen molar-refractivity contribution in [3.63, 3.8) is 0 Å². The summed E-state index contributed by atoms with van der Waals surface area (Å²) in [5.41, 5.74) is 5.10. The van der Waals surface area contributed by atoms with Crippen LogP contribution in [0.5, 0.6) is 0 Å². The summed E-state index contributed by atoms with van der Waals surface area (Å²) in [5.74, 6) is 0.959. The van der Waals surface area contributed by atoms with Gasteiger partial charge < -0.3 is 14.4 Å². The molecule has 1 saturated heterocycles. The highest BCUT2D eigenvalue weighted by Crippen LogP contribution is 2.32. The number of anilines is 2. The largest absolute Gasteiger partial charge is 0.340 e. The molecule has 0 spiro atoms. The average Bonchev–Trinajstić information content (AvgIpc) is 3.14. The predicted octanol–water partition coefficient (Wildman–Crippen LogP) is 3.56. The van der Waals surface area contributed by atoms with Crippen LogP contribution in [0.15, 0.2) is 30.9 Å². The van der Waals surface area contributed by atoms with Crippen LogP contribution in [-0.2, 0) is 18.3 Å². The van der Waals surface area contributed by atoms with E-state index in [-0.39, 0.29) is 18.2 Å². The minimum absolute atomic E-state index is 0.0574. The third-order valence-electron chi connectivity index (χ3n) is 5.55. The summed E-state index contributed by atoms with van der Waals surface area (Å²) in [4.78, 5) is 29.1.